The molecule has 1 aromatic rings. The standard InChI is InChI=1S/C15H24BrN3O/c16-11-15(8-4-1-2-5-9-15)12-19-14(20)18-10-6-3-7-13(18)17-19/h1-12H2. The van der Waals surface area contributed by atoms with Crippen molar-refractivity contribution < 1.29 is 0 Å². The van der Waals surface area contributed by atoms with E-state index in [9.17, 15) is 4.79 Å². The smallest absolute Gasteiger partial charge is 0.279 e. The fourth-order valence-corrected chi connectivity index (χ4v) is 4.42. The molecule has 2 aliphatic rings. The van der Waals surface area contributed by atoms with E-state index in [2.05, 4.69) is 21.0 Å². The Balaban J connectivity index is 1.85. The summed E-state index contributed by atoms with van der Waals surface area (Å²) in [5, 5.41) is 5.60. The topological polar surface area (TPSA) is 39.8 Å². The molecule has 1 fully saturated rings. The minimum absolute atomic E-state index is 0.115. The molecule has 1 saturated carbocycles. The highest BCUT2D eigenvalue weighted by atomic mass is 79.9. The second kappa shape index (κ2) is 6.04. The van der Waals surface area contributed by atoms with Crippen molar-refractivity contribution in [2.75, 3.05) is 5.33 Å². The molecule has 0 radical (unpaired) electrons. The maximum Gasteiger partial charge on any atom is 0.345 e. The van der Waals surface area contributed by atoms with Crippen molar-refractivity contribution in [3.8, 4) is 0 Å². The Hall–Kier alpha value is -0.580. The number of rotatable bonds is 3. The summed E-state index contributed by atoms with van der Waals surface area (Å²) in [6, 6.07) is 0. The molecular weight excluding hydrogens is 318 g/mol. The summed E-state index contributed by atoms with van der Waals surface area (Å²) < 4.78 is 3.65. The maximum absolute atomic E-state index is 12.5. The Kier molecular flexibility index (Phi) is 4.34. The van der Waals surface area contributed by atoms with Gasteiger partial charge in [-0.2, -0.15) is 5.10 Å². The third-order valence-electron chi connectivity index (χ3n) is 4.96. The van der Waals surface area contributed by atoms with Crippen LogP contribution in [-0.4, -0.2) is 19.7 Å². The normalized spacial score (nSPS) is 22.2. The monoisotopic (exact) mass is 341 g/mol. The lowest BCUT2D eigenvalue weighted by atomic mass is 9.82. The van der Waals surface area contributed by atoms with Gasteiger partial charge in [-0.05, 0) is 31.1 Å². The van der Waals surface area contributed by atoms with Gasteiger partial charge in [-0.25, -0.2) is 9.48 Å². The van der Waals surface area contributed by atoms with E-state index in [0.29, 0.717) is 0 Å². The van der Waals surface area contributed by atoms with Gasteiger partial charge in [-0.3, -0.25) is 4.57 Å². The van der Waals surface area contributed by atoms with E-state index in [1.54, 1.807) is 4.68 Å². The van der Waals surface area contributed by atoms with Crippen molar-refractivity contribution in [1.82, 2.24) is 14.3 Å². The molecule has 1 aliphatic heterocycles. The Labute approximate surface area is 128 Å². The Bertz CT molecular complexity index is 512. The van der Waals surface area contributed by atoms with Crippen LogP contribution in [0.15, 0.2) is 4.79 Å². The van der Waals surface area contributed by atoms with E-state index in [1.165, 1.54) is 44.9 Å². The lowest BCUT2D eigenvalue weighted by Gasteiger charge is -2.30. The average molecular weight is 342 g/mol. The molecule has 0 N–H and O–H groups in total. The molecule has 0 unspecified atom stereocenters. The van der Waals surface area contributed by atoms with E-state index in [1.807, 2.05) is 4.57 Å². The minimum atomic E-state index is 0.115. The van der Waals surface area contributed by atoms with Gasteiger partial charge in [0.25, 0.3) is 0 Å². The first-order valence-corrected chi connectivity index (χ1v) is 9.09. The third kappa shape index (κ3) is 2.74. The van der Waals surface area contributed by atoms with Gasteiger partial charge < -0.3 is 0 Å². The largest absolute Gasteiger partial charge is 0.345 e. The number of alkyl halides is 1. The second-order valence-corrected chi connectivity index (χ2v) is 7.07. The Morgan fingerprint density at radius 3 is 2.50 bits per heavy atom. The van der Waals surface area contributed by atoms with Crippen LogP contribution < -0.4 is 5.69 Å². The molecule has 20 heavy (non-hydrogen) atoms. The zero-order chi connectivity index (χ0) is 14.0. The molecule has 0 amide bonds. The molecule has 4 nitrogen and oxygen atoms in total. The van der Waals surface area contributed by atoms with Crippen molar-refractivity contribution in [3.05, 3.63) is 16.3 Å². The van der Waals surface area contributed by atoms with Crippen LogP contribution in [0.5, 0.6) is 0 Å². The predicted octanol–water partition coefficient (Wildman–Crippen LogP) is 3.12. The van der Waals surface area contributed by atoms with Gasteiger partial charge in [0.1, 0.15) is 5.82 Å². The van der Waals surface area contributed by atoms with E-state index < -0.39 is 0 Å². The number of halogens is 1. The van der Waals surface area contributed by atoms with Crippen LogP contribution in [0.3, 0.4) is 0 Å². The molecule has 0 aromatic carbocycles. The summed E-state index contributed by atoms with van der Waals surface area (Å²) in [6.45, 7) is 1.65. The Morgan fingerprint density at radius 2 is 1.85 bits per heavy atom. The van der Waals surface area contributed by atoms with Crippen LogP contribution in [0, 0.1) is 5.41 Å². The van der Waals surface area contributed by atoms with Crippen molar-refractivity contribution in [3.63, 3.8) is 0 Å². The minimum Gasteiger partial charge on any atom is -0.279 e. The summed E-state index contributed by atoms with van der Waals surface area (Å²) in [6.07, 6.45) is 10.9. The molecular formula is C15H24BrN3O. The highest BCUT2D eigenvalue weighted by Crippen LogP contribution is 2.37. The van der Waals surface area contributed by atoms with E-state index >= 15 is 0 Å². The van der Waals surface area contributed by atoms with Crippen LogP contribution in [0.4, 0.5) is 0 Å². The van der Waals surface area contributed by atoms with Crippen molar-refractivity contribution >= 4 is 15.9 Å². The lowest BCUT2D eigenvalue weighted by molar-refractivity contribution is 0.227. The summed E-state index contributed by atoms with van der Waals surface area (Å²) in [7, 11) is 0. The maximum atomic E-state index is 12.5. The third-order valence-corrected chi connectivity index (χ3v) is 6.15. The van der Waals surface area contributed by atoms with Gasteiger partial charge >= 0.3 is 5.69 Å². The first-order valence-electron chi connectivity index (χ1n) is 7.97. The SMILES string of the molecule is O=c1n(CC2(CBr)CCCCCC2)nc2n1CCCC2. The highest BCUT2D eigenvalue weighted by Gasteiger charge is 2.32. The zero-order valence-electron chi connectivity index (χ0n) is 12.1. The van der Waals surface area contributed by atoms with E-state index in [-0.39, 0.29) is 11.1 Å². The first kappa shape index (κ1) is 14.4. The molecule has 0 bridgehead atoms. The van der Waals surface area contributed by atoms with Crippen molar-refractivity contribution in [2.45, 2.75) is 70.9 Å². The molecule has 5 heteroatoms. The van der Waals surface area contributed by atoms with Gasteiger partial charge in [0, 0.05) is 18.3 Å². The molecule has 1 aromatic heterocycles. The van der Waals surface area contributed by atoms with E-state index in [0.717, 1.165) is 37.1 Å². The van der Waals surface area contributed by atoms with Gasteiger partial charge in [0.2, 0.25) is 0 Å². The molecule has 2 heterocycles. The fourth-order valence-electron chi connectivity index (χ4n) is 3.68. The molecule has 3 rings (SSSR count). The molecule has 0 spiro atoms. The second-order valence-electron chi connectivity index (χ2n) is 6.51. The summed E-state index contributed by atoms with van der Waals surface area (Å²) in [5.74, 6) is 1.000. The molecule has 0 atom stereocenters. The zero-order valence-corrected chi connectivity index (χ0v) is 13.7. The van der Waals surface area contributed by atoms with Crippen LogP contribution in [-0.2, 0) is 19.5 Å². The fraction of sp³-hybridized carbons (Fsp3) is 0.867. The van der Waals surface area contributed by atoms with Crippen molar-refractivity contribution in [2.24, 2.45) is 5.41 Å². The number of hydrogen-bond acceptors (Lipinski definition) is 2. The van der Waals surface area contributed by atoms with Gasteiger partial charge in [0.15, 0.2) is 0 Å². The Morgan fingerprint density at radius 1 is 1.10 bits per heavy atom. The summed E-state index contributed by atoms with van der Waals surface area (Å²) in [5.41, 5.74) is 0.342. The highest BCUT2D eigenvalue weighted by molar-refractivity contribution is 9.09. The molecule has 0 saturated heterocycles. The van der Waals surface area contributed by atoms with Gasteiger partial charge in [0.05, 0.1) is 6.54 Å². The summed E-state index contributed by atoms with van der Waals surface area (Å²) in [4.78, 5) is 12.5. The number of fused-ring (bicyclic) bond motifs is 1. The summed E-state index contributed by atoms with van der Waals surface area (Å²) >= 11 is 3.71. The van der Waals surface area contributed by atoms with Crippen LogP contribution in [0.2, 0.25) is 0 Å². The first-order chi connectivity index (χ1) is 9.74. The van der Waals surface area contributed by atoms with E-state index in [4.69, 9.17) is 0 Å². The average Bonchev–Trinajstić information content (AvgIpc) is 2.66. The number of nitrogens with zero attached hydrogens (tertiary/aromatic N) is 3. The van der Waals surface area contributed by atoms with Gasteiger partial charge in [-0.15, -0.1) is 0 Å². The number of aromatic nitrogens is 3. The van der Waals surface area contributed by atoms with Crippen LogP contribution in [0.1, 0.15) is 57.2 Å². The van der Waals surface area contributed by atoms with Crippen molar-refractivity contribution in [1.29, 1.82) is 0 Å². The van der Waals surface area contributed by atoms with Crippen LogP contribution >= 0.6 is 15.9 Å². The number of hydrogen-bond donors (Lipinski definition) is 0. The predicted molar refractivity (Wildman–Crippen MR) is 83.4 cm³/mol. The lowest BCUT2D eigenvalue weighted by Crippen LogP contribution is -2.35. The number of aryl methyl sites for hydroxylation is 1. The molecule has 1 aliphatic carbocycles. The van der Waals surface area contributed by atoms with Gasteiger partial charge in [-0.1, -0.05) is 41.6 Å². The molecule has 112 valence electrons. The van der Waals surface area contributed by atoms with Crippen LogP contribution in [0.25, 0.3) is 0 Å². The quantitative estimate of drug-likeness (QED) is 0.625.